The molecule has 0 bridgehead atoms. The average Bonchev–Trinajstić information content (AvgIpc) is 3.00. The van der Waals surface area contributed by atoms with Crippen molar-refractivity contribution in [1.82, 2.24) is 4.57 Å². The second-order valence-corrected chi connectivity index (χ2v) is 10.6. The molecule has 0 aliphatic carbocycles. The number of nitrogens with zero attached hydrogens (tertiary/aromatic N) is 2. The van der Waals surface area contributed by atoms with E-state index in [9.17, 15) is 0 Å². The molecule has 2 nitrogen and oxygen atoms in total. The van der Waals surface area contributed by atoms with E-state index in [1.807, 2.05) is 0 Å². The minimum atomic E-state index is 0. The highest BCUT2D eigenvalue weighted by Crippen LogP contribution is 2.31. The summed E-state index contributed by atoms with van der Waals surface area (Å²) in [5, 5.41) is 0. The molecular formula is C27H37ClN2. The van der Waals surface area contributed by atoms with Crippen LogP contribution >= 0.6 is 0 Å². The fourth-order valence-electron chi connectivity index (χ4n) is 5.21. The largest absolute Gasteiger partial charge is 1.00 e. The van der Waals surface area contributed by atoms with Crippen molar-refractivity contribution in [3.05, 3.63) is 76.4 Å². The zero-order valence-corrected chi connectivity index (χ0v) is 21.1. The first-order valence-electron chi connectivity index (χ1n) is 10.6. The molecule has 3 aromatic rings. The summed E-state index contributed by atoms with van der Waals surface area (Å²) >= 11 is 0. The Hall–Kier alpha value is -2.06. The van der Waals surface area contributed by atoms with Gasteiger partial charge in [-0.25, -0.2) is 9.13 Å². The van der Waals surface area contributed by atoms with Crippen LogP contribution in [-0.2, 0) is 10.8 Å². The van der Waals surface area contributed by atoms with Crippen molar-refractivity contribution in [2.75, 3.05) is 0 Å². The van der Waals surface area contributed by atoms with Crippen LogP contribution in [0, 0.1) is 27.7 Å². The van der Waals surface area contributed by atoms with E-state index in [1.165, 1.54) is 44.8 Å². The maximum atomic E-state index is 2.30. The van der Waals surface area contributed by atoms with Crippen LogP contribution in [0.15, 0.2) is 43.0 Å². The Labute approximate surface area is 189 Å². The van der Waals surface area contributed by atoms with Gasteiger partial charge in [-0.1, -0.05) is 41.5 Å². The molecule has 0 spiro atoms. The highest BCUT2D eigenvalue weighted by atomic mass is 35.5. The number of hydrogen-bond acceptors (Lipinski definition) is 0. The highest BCUT2D eigenvalue weighted by Gasteiger charge is 2.22. The molecule has 0 saturated carbocycles. The molecule has 3 heteroatoms. The number of rotatable bonds is 2. The lowest BCUT2D eigenvalue weighted by molar-refractivity contribution is -0.594. The predicted molar refractivity (Wildman–Crippen MR) is 124 cm³/mol. The molecule has 3 rings (SSSR count). The predicted octanol–water partition coefficient (Wildman–Crippen LogP) is 3.59. The highest BCUT2D eigenvalue weighted by molar-refractivity contribution is 5.48. The molecule has 0 N–H and O–H groups in total. The number of aryl methyl sites for hydroxylation is 4. The molecule has 0 fully saturated rings. The van der Waals surface area contributed by atoms with E-state index in [0.29, 0.717) is 0 Å². The minimum absolute atomic E-state index is 0. The molecule has 0 aliphatic heterocycles. The van der Waals surface area contributed by atoms with Gasteiger partial charge in [0.05, 0.1) is 0 Å². The van der Waals surface area contributed by atoms with Crippen LogP contribution in [0.2, 0.25) is 0 Å². The van der Waals surface area contributed by atoms with E-state index in [0.717, 1.165) is 0 Å². The lowest BCUT2D eigenvalue weighted by Gasteiger charge is -2.24. The Morgan fingerprint density at radius 1 is 0.667 bits per heavy atom. The Morgan fingerprint density at radius 3 is 1.47 bits per heavy atom. The van der Waals surface area contributed by atoms with Crippen LogP contribution in [0.5, 0.6) is 0 Å². The van der Waals surface area contributed by atoms with E-state index >= 15 is 0 Å². The summed E-state index contributed by atoms with van der Waals surface area (Å²) in [6.45, 7) is 22.7. The summed E-state index contributed by atoms with van der Waals surface area (Å²) in [7, 11) is 0. The fourth-order valence-corrected chi connectivity index (χ4v) is 5.21. The van der Waals surface area contributed by atoms with Gasteiger partial charge in [0.2, 0.25) is 0 Å². The molecule has 0 radical (unpaired) electrons. The number of benzene rings is 2. The Kier molecular flexibility index (Phi) is 6.64. The third kappa shape index (κ3) is 4.64. The summed E-state index contributed by atoms with van der Waals surface area (Å²) in [6.07, 6.45) is 6.47. The van der Waals surface area contributed by atoms with E-state index in [1.54, 1.807) is 0 Å². The molecule has 0 atom stereocenters. The van der Waals surface area contributed by atoms with Crippen molar-refractivity contribution >= 4 is 0 Å². The molecule has 2 aromatic carbocycles. The molecule has 0 aliphatic rings. The molecule has 0 unspecified atom stereocenters. The smallest absolute Gasteiger partial charge is 0.254 e. The molecule has 1 heterocycles. The average molecular weight is 425 g/mol. The van der Waals surface area contributed by atoms with Crippen molar-refractivity contribution in [3.8, 4) is 11.4 Å². The first-order valence-corrected chi connectivity index (χ1v) is 10.6. The molecule has 1 aromatic heterocycles. The number of halogens is 1. The summed E-state index contributed by atoms with van der Waals surface area (Å²) in [6, 6.07) is 9.21. The second kappa shape index (κ2) is 8.23. The van der Waals surface area contributed by atoms with Gasteiger partial charge in [0, 0.05) is 0 Å². The van der Waals surface area contributed by atoms with Gasteiger partial charge in [0.15, 0.2) is 0 Å². The number of imidazole rings is 1. The number of hydrogen-bond donors (Lipinski definition) is 0. The van der Waals surface area contributed by atoms with Crippen molar-refractivity contribution in [3.63, 3.8) is 0 Å². The maximum absolute atomic E-state index is 2.30. The zero-order valence-electron chi connectivity index (χ0n) is 20.3. The lowest BCUT2D eigenvalue weighted by atomic mass is 9.81. The van der Waals surface area contributed by atoms with Crippen LogP contribution < -0.4 is 17.0 Å². The van der Waals surface area contributed by atoms with Crippen molar-refractivity contribution in [2.45, 2.75) is 80.1 Å². The Balaban J connectivity index is 0.00000320. The molecule has 0 amide bonds. The van der Waals surface area contributed by atoms with Gasteiger partial charge in [0.25, 0.3) is 6.33 Å². The monoisotopic (exact) mass is 424 g/mol. The van der Waals surface area contributed by atoms with Gasteiger partial charge in [-0.15, -0.1) is 0 Å². The van der Waals surface area contributed by atoms with Crippen LogP contribution in [0.4, 0.5) is 0 Å². The number of aromatic nitrogens is 2. The topological polar surface area (TPSA) is 8.81 Å². The van der Waals surface area contributed by atoms with Gasteiger partial charge < -0.3 is 12.4 Å². The van der Waals surface area contributed by atoms with E-state index in [4.69, 9.17) is 0 Å². The zero-order chi connectivity index (χ0) is 21.7. The molecule has 0 saturated heterocycles. The lowest BCUT2D eigenvalue weighted by Crippen LogP contribution is -3.00. The fraction of sp³-hybridized carbons (Fsp3) is 0.444. The van der Waals surface area contributed by atoms with Gasteiger partial charge in [-0.2, -0.15) is 0 Å². The summed E-state index contributed by atoms with van der Waals surface area (Å²) in [5.74, 6) is 0. The molecular weight excluding hydrogens is 388 g/mol. The van der Waals surface area contributed by atoms with Crippen LogP contribution in [0.3, 0.4) is 0 Å². The normalized spacial score (nSPS) is 12.1. The molecule has 162 valence electrons. The summed E-state index contributed by atoms with van der Waals surface area (Å²) in [5.41, 5.74) is 11.1. The maximum Gasteiger partial charge on any atom is 0.254 e. The van der Waals surface area contributed by atoms with E-state index < -0.39 is 0 Å². The van der Waals surface area contributed by atoms with Gasteiger partial charge in [0.1, 0.15) is 23.8 Å². The van der Waals surface area contributed by atoms with Crippen LogP contribution in [0.25, 0.3) is 11.4 Å². The van der Waals surface area contributed by atoms with Gasteiger partial charge >= 0.3 is 0 Å². The van der Waals surface area contributed by atoms with Crippen LogP contribution in [-0.4, -0.2) is 4.57 Å². The summed E-state index contributed by atoms with van der Waals surface area (Å²) < 4.78 is 4.43. The second-order valence-electron chi connectivity index (χ2n) is 10.6. The SMILES string of the molecule is Cc1cc(-n2cc[n+](-c3cc(C)c(C(C)(C)C)c(C)c3)c2)cc(C)c1C(C)(C)C.[Cl-]. The minimum Gasteiger partial charge on any atom is -1.00 e. The summed E-state index contributed by atoms with van der Waals surface area (Å²) in [4.78, 5) is 0. The van der Waals surface area contributed by atoms with Gasteiger partial charge in [-0.3, -0.25) is 0 Å². The van der Waals surface area contributed by atoms with Gasteiger partial charge in [-0.05, 0) is 96.2 Å². The standard InChI is InChI=1S/C27H37N2.ClH/c1-18-13-22(14-19(2)24(18)26(5,6)7)28-11-12-29(17-28)23-15-20(3)25(21(4)16-23)27(8,9)10;/h11-17H,1-10H3;1H/q+1;/p-1. The van der Waals surface area contributed by atoms with Crippen molar-refractivity contribution < 1.29 is 17.0 Å². The first-order chi connectivity index (χ1) is 13.3. The van der Waals surface area contributed by atoms with E-state index in [2.05, 4.69) is 121 Å². The Morgan fingerprint density at radius 2 is 1.07 bits per heavy atom. The molecule has 30 heavy (non-hydrogen) atoms. The van der Waals surface area contributed by atoms with Crippen LogP contribution in [0.1, 0.15) is 74.9 Å². The Bertz CT molecular complexity index is 929. The third-order valence-electron chi connectivity index (χ3n) is 5.77. The van der Waals surface area contributed by atoms with E-state index in [-0.39, 0.29) is 23.2 Å². The third-order valence-corrected chi connectivity index (χ3v) is 5.77. The van der Waals surface area contributed by atoms with Crippen molar-refractivity contribution in [1.29, 1.82) is 0 Å². The quantitative estimate of drug-likeness (QED) is 0.556. The van der Waals surface area contributed by atoms with Crippen molar-refractivity contribution in [2.24, 2.45) is 0 Å². The first kappa shape index (κ1) is 24.2.